The molecule has 0 radical (unpaired) electrons. The van der Waals surface area contributed by atoms with E-state index in [9.17, 15) is 8.42 Å². The van der Waals surface area contributed by atoms with E-state index in [0.717, 1.165) is 17.5 Å². The summed E-state index contributed by atoms with van der Waals surface area (Å²) in [7, 11) is -3.98. The zero-order chi connectivity index (χ0) is 13.7. The molecule has 0 bridgehead atoms. The van der Waals surface area contributed by atoms with Crippen LogP contribution >= 0.6 is 7.92 Å². The molecule has 0 unspecified atom stereocenters. The molecule has 2 saturated carbocycles. The maximum atomic E-state index is 11.1. The normalized spacial score (nSPS) is 22.7. The Kier molecular flexibility index (Phi) is 9.18. The van der Waals surface area contributed by atoms with Crippen LogP contribution in [0.4, 0.5) is 0 Å². The fourth-order valence-electron chi connectivity index (χ4n) is 3.71. The van der Waals surface area contributed by atoms with E-state index < -0.39 is 10.1 Å². The summed E-state index contributed by atoms with van der Waals surface area (Å²) in [6.45, 7) is 0. The summed E-state index contributed by atoms with van der Waals surface area (Å²) >= 11 is 0. The number of hydrogen-bond donors (Lipinski definition) is 1. The average molecular weight is 330 g/mol. The summed E-state index contributed by atoms with van der Waals surface area (Å²) < 4.78 is 31.2. The molecule has 0 atom stereocenters. The molecule has 114 valence electrons. The predicted molar refractivity (Wildman–Crippen MR) is 89.1 cm³/mol. The minimum atomic E-state index is -3.78. The predicted octanol–water partition coefficient (Wildman–Crippen LogP) is 3.37. The van der Waals surface area contributed by atoms with Crippen LogP contribution in [0.5, 0.6) is 0 Å². The molecule has 0 aromatic heterocycles. The van der Waals surface area contributed by atoms with Crippen LogP contribution in [-0.2, 0) is 10.1 Å². The first-order valence-corrected chi connectivity index (χ1v) is 11.0. The van der Waals surface area contributed by atoms with Crippen molar-refractivity contribution in [1.29, 1.82) is 0 Å². The van der Waals surface area contributed by atoms with Crippen LogP contribution in [0.1, 0.15) is 64.2 Å². The molecule has 6 heteroatoms. The summed E-state index contributed by atoms with van der Waals surface area (Å²) in [4.78, 5) is 0. The molecular formula is C14H28NaO3PS. The Morgan fingerprint density at radius 1 is 0.850 bits per heavy atom. The van der Waals surface area contributed by atoms with Crippen molar-refractivity contribution in [1.82, 2.24) is 0 Å². The monoisotopic (exact) mass is 330 g/mol. The van der Waals surface area contributed by atoms with Crippen LogP contribution in [0.3, 0.4) is 0 Å². The van der Waals surface area contributed by atoms with Crippen molar-refractivity contribution in [3.63, 3.8) is 0 Å². The van der Waals surface area contributed by atoms with Gasteiger partial charge < -0.3 is 0 Å². The van der Waals surface area contributed by atoms with Gasteiger partial charge in [-0.25, -0.2) is 0 Å². The van der Waals surface area contributed by atoms with E-state index in [1.54, 1.807) is 0 Å². The second kappa shape index (κ2) is 9.47. The van der Waals surface area contributed by atoms with E-state index in [1.165, 1.54) is 64.2 Å². The molecule has 3 nitrogen and oxygen atoms in total. The van der Waals surface area contributed by atoms with Gasteiger partial charge >= 0.3 is 29.6 Å². The van der Waals surface area contributed by atoms with E-state index in [0.29, 0.717) is 0 Å². The molecule has 2 rings (SSSR count). The molecule has 0 spiro atoms. The molecule has 2 fully saturated rings. The average Bonchev–Trinajstić information content (AvgIpc) is 2.40. The third-order valence-electron chi connectivity index (χ3n) is 4.69. The summed E-state index contributed by atoms with van der Waals surface area (Å²) in [6, 6.07) is 0. The van der Waals surface area contributed by atoms with Crippen molar-refractivity contribution in [3.05, 3.63) is 0 Å². The van der Waals surface area contributed by atoms with Crippen LogP contribution in [0.25, 0.3) is 0 Å². The molecule has 0 aromatic rings. The van der Waals surface area contributed by atoms with Gasteiger partial charge in [-0.15, -0.1) is 0 Å². The number of rotatable bonds is 5. The standard InChI is InChI=1S/C14H27O3PS.Na.H/c15-19(16,17)12-11-18(13-7-3-1-4-8-13)14-9-5-2-6-10-14;;/h13-14H,1-12H2,(H,15,16,17);;. The zero-order valence-electron chi connectivity index (χ0n) is 11.8. The van der Waals surface area contributed by atoms with Gasteiger partial charge in [0.2, 0.25) is 0 Å². The molecule has 0 aromatic carbocycles. The molecule has 0 amide bonds. The van der Waals surface area contributed by atoms with Gasteiger partial charge in [0.15, 0.2) is 0 Å². The van der Waals surface area contributed by atoms with Crippen LogP contribution < -0.4 is 0 Å². The van der Waals surface area contributed by atoms with E-state index in [2.05, 4.69) is 0 Å². The van der Waals surface area contributed by atoms with Crippen LogP contribution in [-0.4, -0.2) is 65.8 Å². The van der Waals surface area contributed by atoms with Gasteiger partial charge in [-0.2, -0.15) is 8.42 Å². The quantitative estimate of drug-likeness (QED) is 0.478. The molecule has 20 heavy (non-hydrogen) atoms. The Bertz CT molecular complexity index is 345. The minimum absolute atomic E-state index is 0. The molecule has 2 aliphatic rings. The zero-order valence-corrected chi connectivity index (χ0v) is 13.5. The fraction of sp³-hybridized carbons (Fsp3) is 1.00. The fourth-order valence-corrected chi connectivity index (χ4v) is 8.86. The van der Waals surface area contributed by atoms with Crippen molar-refractivity contribution < 1.29 is 13.0 Å². The Hall–Kier alpha value is 1.34. The first-order chi connectivity index (χ1) is 9.06. The summed E-state index contributed by atoms with van der Waals surface area (Å²) in [5.74, 6) is -0.00823. The van der Waals surface area contributed by atoms with Gasteiger partial charge in [0.05, 0.1) is 5.75 Å². The van der Waals surface area contributed by atoms with Gasteiger partial charge in [-0.3, -0.25) is 4.55 Å². The van der Waals surface area contributed by atoms with Crippen LogP contribution in [0.2, 0.25) is 0 Å². The second-order valence-electron chi connectivity index (χ2n) is 6.11. The van der Waals surface area contributed by atoms with E-state index in [-0.39, 0.29) is 43.2 Å². The van der Waals surface area contributed by atoms with Gasteiger partial charge in [-0.05, 0) is 43.2 Å². The summed E-state index contributed by atoms with van der Waals surface area (Å²) in [6.07, 6.45) is 13.9. The topological polar surface area (TPSA) is 54.4 Å². The Morgan fingerprint density at radius 2 is 1.25 bits per heavy atom. The first-order valence-electron chi connectivity index (χ1n) is 7.77. The Morgan fingerprint density at radius 3 is 1.60 bits per heavy atom. The van der Waals surface area contributed by atoms with E-state index >= 15 is 0 Å². The van der Waals surface area contributed by atoms with Gasteiger partial charge in [0.1, 0.15) is 0 Å². The van der Waals surface area contributed by atoms with Gasteiger partial charge in [-0.1, -0.05) is 46.4 Å². The molecular weight excluding hydrogens is 302 g/mol. The first kappa shape index (κ1) is 19.4. The SMILES string of the molecule is O=S(=O)(O)CCP(C1CCCCC1)C1CCCCC1.[NaH]. The third kappa shape index (κ3) is 6.62. The Balaban J connectivity index is 0.00000200. The van der Waals surface area contributed by atoms with Crippen molar-refractivity contribution in [2.45, 2.75) is 75.5 Å². The summed E-state index contributed by atoms with van der Waals surface area (Å²) in [5, 5.41) is 0. The van der Waals surface area contributed by atoms with E-state index in [1.807, 2.05) is 0 Å². The summed E-state index contributed by atoms with van der Waals surface area (Å²) in [5.41, 5.74) is 1.54. The molecule has 1 N–H and O–H groups in total. The van der Waals surface area contributed by atoms with Crippen LogP contribution in [0.15, 0.2) is 0 Å². The molecule has 0 saturated heterocycles. The second-order valence-corrected chi connectivity index (χ2v) is 10.6. The van der Waals surface area contributed by atoms with Crippen molar-refractivity contribution in [2.75, 3.05) is 11.9 Å². The van der Waals surface area contributed by atoms with Crippen LogP contribution in [0, 0.1) is 0 Å². The van der Waals surface area contributed by atoms with Gasteiger partial charge in [0.25, 0.3) is 10.1 Å². The third-order valence-corrected chi connectivity index (χ3v) is 9.37. The molecule has 0 aliphatic heterocycles. The van der Waals surface area contributed by atoms with E-state index in [4.69, 9.17) is 4.55 Å². The maximum absolute atomic E-state index is 11.1. The molecule has 2 aliphatic carbocycles. The Labute approximate surface area is 147 Å². The van der Waals surface area contributed by atoms with Crippen molar-refractivity contribution in [2.24, 2.45) is 0 Å². The number of hydrogen-bond acceptors (Lipinski definition) is 2. The van der Waals surface area contributed by atoms with Crippen molar-refractivity contribution in [3.8, 4) is 0 Å². The van der Waals surface area contributed by atoms with Gasteiger partial charge in [0, 0.05) is 0 Å². The van der Waals surface area contributed by atoms with Crippen molar-refractivity contribution >= 4 is 47.6 Å². The molecule has 0 heterocycles.